The monoisotopic (exact) mass is 258 g/mol. The number of Topliss-reactive ketones (excluding diaryl/α,β-unsaturated/α-hetero) is 1. The second kappa shape index (κ2) is 5.33. The highest BCUT2D eigenvalue weighted by molar-refractivity contribution is 6.10. The van der Waals surface area contributed by atoms with Crippen molar-refractivity contribution in [2.24, 2.45) is 0 Å². The third kappa shape index (κ3) is 2.61. The number of rotatable bonds is 5. The van der Waals surface area contributed by atoms with Gasteiger partial charge in [-0.2, -0.15) is 5.26 Å². The molecule has 0 radical (unpaired) electrons. The molecular weight excluding hydrogens is 248 g/mol. The number of nitrogens with zero attached hydrogens (tertiary/aromatic N) is 1. The SMILES string of the molecule is N#Cc1cccc2[nH]cc(C(=O)COCC(=O)O)c12. The van der Waals surface area contributed by atoms with E-state index >= 15 is 0 Å². The van der Waals surface area contributed by atoms with E-state index in [2.05, 4.69) is 4.98 Å². The Morgan fingerprint density at radius 1 is 1.37 bits per heavy atom. The number of ether oxygens (including phenoxy) is 1. The first kappa shape index (κ1) is 12.8. The van der Waals surface area contributed by atoms with Crippen LogP contribution in [0.5, 0.6) is 0 Å². The minimum atomic E-state index is -1.13. The Hall–Kier alpha value is -2.65. The van der Waals surface area contributed by atoms with Gasteiger partial charge in [-0.25, -0.2) is 4.79 Å². The number of fused-ring (bicyclic) bond motifs is 1. The Morgan fingerprint density at radius 2 is 2.16 bits per heavy atom. The zero-order chi connectivity index (χ0) is 13.8. The fourth-order valence-electron chi connectivity index (χ4n) is 1.81. The van der Waals surface area contributed by atoms with Crippen LogP contribution in [0.1, 0.15) is 15.9 Å². The molecule has 1 aromatic heterocycles. The van der Waals surface area contributed by atoms with Crippen molar-refractivity contribution < 1.29 is 19.4 Å². The number of hydrogen-bond donors (Lipinski definition) is 2. The zero-order valence-electron chi connectivity index (χ0n) is 9.84. The van der Waals surface area contributed by atoms with Gasteiger partial charge in [0.1, 0.15) is 13.2 Å². The normalized spacial score (nSPS) is 10.3. The largest absolute Gasteiger partial charge is 0.480 e. The van der Waals surface area contributed by atoms with Gasteiger partial charge >= 0.3 is 5.97 Å². The Balaban J connectivity index is 2.28. The highest BCUT2D eigenvalue weighted by Gasteiger charge is 2.15. The summed E-state index contributed by atoms with van der Waals surface area (Å²) in [5.74, 6) is -1.50. The average Bonchev–Trinajstić information content (AvgIpc) is 2.81. The molecule has 6 heteroatoms. The second-order valence-electron chi connectivity index (χ2n) is 3.85. The Bertz CT molecular complexity index is 681. The molecule has 0 saturated heterocycles. The van der Waals surface area contributed by atoms with Crippen molar-refractivity contribution in [3.8, 4) is 6.07 Å². The lowest BCUT2D eigenvalue weighted by molar-refractivity contribution is -0.141. The summed E-state index contributed by atoms with van der Waals surface area (Å²) in [6.07, 6.45) is 1.50. The number of carbonyl (C=O) groups excluding carboxylic acids is 1. The lowest BCUT2D eigenvalue weighted by Gasteiger charge is -2.01. The number of carboxylic acids is 1. The minimum absolute atomic E-state index is 0.331. The van der Waals surface area contributed by atoms with Gasteiger partial charge in [0.25, 0.3) is 0 Å². The molecule has 2 N–H and O–H groups in total. The minimum Gasteiger partial charge on any atom is -0.480 e. The Morgan fingerprint density at radius 3 is 2.84 bits per heavy atom. The molecule has 0 aliphatic carbocycles. The molecule has 2 rings (SSSR count). The Labute approximate surface area is 108 Å². The number of benzene rings is 1. The molecule has 1 heterocycles. The van der Waals surface area contributed by atoms with Crippen LogP contribution in [0.2, 0.25) is 0 Å². The first-order valence-corrected chi connectivity index (χ1v) is 5.46. The van der Waals surface area contributed by atoms with Gasteiger partial charge in [0.2, 0.25) is 0 Å². The van der Waals surface area contributed by atoms with Crippen molar-refractivity contribution in [3.63, 3.8) is 0 Å². The predicted octanol–water partition coefficient (Wildman–Crippen LogP) is 1.32. The summed E-state index contributed by atoms with van der Waals surface area (Å²) in [4.78, 5) is 25.1. The fourth-order valence-corrected chi connectivity index (χ4v) is 1.81. The molecule has 0 spiro atoms. The van der Waals surface area contributed by atoms with Crippen LogP contribution in [0.3, 0.4) is 0 Å². The number of nitrogens with one attached hydrogen (secondary N) is 1. The molecule has 0 bridgehead atoms. The fraction of sp³-hybridized carbons (Fsp3) is 0.154. The highest BCUT2D eigenvalue weighted by Crippen LogP contribution is 2.22. The smallest absolute Gasteiger partial charge is 0.329 e. The van der Waals surface area contributed by atoms with Crippen LogP contribution in [0, 0.1) is 11.3 Å². The van der Waals surface area contributed by atoms with Gasteiger partial charge in [-0.05, 0) is 12.1 Å². The number of aromatic nitrogens is 1. The van der Waals surface area contributed by atoms with Gasteiger partial charge < -0.3 is 14.8 Å². The van der Waals surface area contributed by atoms with Gasteiger partial charge in [0, 0.05) is 22.7 Å². The molecule has 0 atom stereocenters. The summed E-state index contributed by atoms with van der Waals surface area (Å²) < 4.78 is 4.76. The summed E-state index contributed by atoms with van der Waals surface area (Å²) in [5.41, 5.74) is 1.40. The van der Waals surface area contributed by atoms with Crippen LogP contribution in [-0.4, -0.2) is 35.1 Å². The maximum Gasteiger partial charge on any atom is 0.329 e. The Kier molecular flexibility index (Phi) is 3.59. The number of aliphatic carboxylic acids is 1. The molecule has 0 fully saturated rings. The summed E-state index contributed by atoms with van der Waals surface area (Å²) in [5, 5.41) is 18.0. The predicted molar refractivity (Wildman–Crippen MR) is 65.8 cm³/mol. The molecule has 0 saturated carbocycles. The van der Waals surface area contributed by atoms with Gasteiger partial charge in [-0.15, -0.1) is 0 Å². The topological polar surface area (TPSA) is 103 Å². The quantitative estimate of drug-likeness (QED) is 0.787. The summed E-state index contributed by atoms with van der Waals surface area (Å²) in [6.45, 7) is -0.863. The molecule has 0 aliphatic rings. The maximum atomic E-state index is 11.9. The molecule has 19 heavy (non-hydrogen) atoms. The van der Waals surface area contributed by atoms with Gasteiger partial charge in [-0.3, -0.25) is 4.79 Å². The number of carboxylic acid groups (broad SMARTS) is 1. The zero-order valence-corrected chi connectivity index (χ0v) is 9.84. The van der Waals surface area contributed by atoms with Crippen molar-refractivity contribution in [1.82, 2.24) is 4.98 Å². The molecule has 0 amide bonds. The summed E-state index contributed by atoms with van der Waals surface area (Å²) in [7, 11) is 0. The van der Waals surface area contributed by atoms with Crippen molar-refractivity contribution in [2.75, 3.05) is 13.2 Å². The molecule has 2 aromatic rings. The molecule has 1 aromatic carbocycles. The highest BCUT2D eigenvalue weighted by atomic mass is 16.5. The second-order valence-corrected chi connectivity index (χ2v) is 3.85. The van der Waals surface area contributed by atoms with Gasteiger partial charge in [0.05, 0.1) is 11.6 Å². The molecule has 0 aliphatic heterocycles. The third-order valence-electron chi connectivity index (χ3n) is 2.59. The van der Waals surface area contributed by atoms with E-state index in [-0.39, 0.29) is 12.4 Å². The summed E-state index contributed by atoms with van der Waals surface area (Å²) in [6, 6.07) is 7.10. The van der Waals surface area contributed by atoms with E-state index in [0.29, 0.717) is 22.0 Å². The molecule has 6 nitrogen and oxygen atoms in total. The van der Waals surface area contributed by atoms with E-state index in [9.17, 15) is 9.59 Å². The van der Waals surface area contributed by atoms with Crippen LogP contribution >= 0.6 is 0 Å². The number of aromatic amines is 1. The van der Waals surface area contributed by atoms with E-state index in [0.717, 1.165) is 0 Å². The van der Waals surface area contributed by atoms with Crippen LogP contribution in [0.25, 0.3) is 10.9 Å². The molecule has 96 valence electrons. The van der Waals surface area contributed by atoms with E-state index in [1.165, 1.54) is 6.20 Å². The van der Waals surface area contributed by atoms with Gasteiger partial charge in [0.15, 0.2) is 5.78 Å². The number of H-pyrrole nitrogens is 1. The lowest BCUT2D eigenvalue weighted by atomic mass is 10.0. The van der Waals surface area contributed by atoms with E-state index in [1.807, 2.05) is 6.07 Å². The average molecular weight is 258 g/mol. The van der Waals surface area contributed by atoms with Crippen molar-refractivity contribution >= 4 is 22.7 Å². The standard InChI is InChI=1S/C13H10N2O4/c14-4-8-2-1-3-10-13(8)9(5-15-10)11(16)6-19-7-12(17)18/h1-3,5,15H,6-7H2,(H,17,18). The van der Waals surface area contributed by atoms with E-state index in [4.69, 9.17) is 15.1 Å². The maximum absolute atomic E-state index is 11.9. The van der Waals surface area contributed by atoms with Crippen LogP contribution < -0.4 is 0 Å². The van der Waals surface area contributed by atoms with Gasteiger partial charge in [-0.1, -0.05) is 6.07 Å². The number of ketones is 1. The van der Waals surface area contributed by atoms with E-state index in [1.54, 1.807) is 18.2 Å². The van der Waals surface area contributed by atoms with Crippen molar-refractivity contribution in [2.45, 2.75) is 0 Å². The third-order valence-corrected chi connectivity index (χ3v) is 2.59. The van der Waals surface area contributed by atoms with E-state index < -0.39 is 12.6 Å². The first-order chi connectivity index (χ1) is 9.13. The number of nitriles is 1. The number of carbonyl (C=O) groups is 2. The van der Waals surface area contributed by atoms with Crippen molar-refractivity contribution in [3.05, 3.63) is 35.5 Å². The number of hydrogen-bond acceptors (Lipinski definition) is 4. The molecule has 0 unspecified atom stereocenters. The lowest BCUT2D eigenvalue weighted by Crippen LogP contribution is -2.14. The molecular formula is C13H10N2O4. The first-order valence-electron chi connectivity index (χ1n) is 5.46. The van der Waals surface area contributed by atoms with Crippen LogP contribution in [-0.2, 0) is 9.53 Å². The summed E-state index contributed by atoms with van der Waals surface area (Å²) >= 11 is 0. The van der Waals surface area contributed by atoms with Crippen LogP contribution in [0.4, 0.5) is 0 Å². The van der Waals surface area contributed by atoms with Crippen LogP contribution in [0.15, 0.2) is 24.4 Å². The van der Waals surface area contributed by atoms with Crippen molar-refractivity contribution in [1.29, 1.82) is 5.26 Å².